The number of aliphatic hydroxyl groups excluding tert-OH is 1. The minimum atomic E-state index is -0.356. The summed E-state index contributed by atoms with van der Waals surface area (Å²) in [6.45, 7) is 7.43. The molecule has 0 radical (unpaired) electrons. The minimum Gasteiger partial charge on any atom is -0.391 e. The molecule has 6 rings (SSSR count). The van der Waals surface area contributed by atoms with E-state index in [0.717, 1.165) is 97.5 Å². The van der Waals surface area contributed by atoms with Crippen LogP contribution in [0.25, 0.3) is 22.0 Å². The van der Waals surface area contributed by atoms with Crippen molar-refractivity contribution >= 4 is 28.2 Å². The lowest BCUT2D eigenvalue weighted by Crippen LogP contribution is -2.59. The second-order valence-electron chi connectivity index (χ2n) is 12.4. The first-order valence-corrected chi connectivity index (χ1v) is 14.6. The Morgan fingerprint density at radius 2 is 2.07 bits per heavy atom. The maximum Gasteiger partial charge on any atom is 0.246 e. The van der Waals surface area contributed by atoms with E-state index in [9.17, 15) is 15.2 Å². The first-order chi connectivity index (χ1) is 19.8. The number of hydrogen-bond acceptors (Lipinski definition) is 7. The normalized spacial score (nSPS) is 20.4. The van der Waals surface area contributed by atoms with Crippen LogP contribution in [-0.2, 0) is 4.79 Å². The lowest BCUT2D eigenvalue weighted by Gasteiger charge is -2.47. The number of piperidine rings is 1. The van der Waals surface area contributed by atoms with Crippen LogP contribution in [0.5, 0.6) is 0 Å². The lowest BCUT2D eigenvalue weighted by atomic mass is 9.79. The number of benzene rings is 2. The van der Waals surface area contributed by atoms with Crippen molar-refractivity contribution in [2.24, 2.45) is 5.41 Å². The second kappa shape index (κ2) is 10.8. The van der Waals surface area contributed by atoms with Gasteiger partial charge < -0.3 is 24.7 Å². The molecule has 3 fully saturated rings. The number of nitrogens with zero attached hydrogens (tertiary/aromatic N) is 6. The van der Waals surface area contributed by atoms with Gasteiger partial charge in [-0.05, 0) is 69.6 Å². The number of rotatable bonds is 6. The average Bonchev–Trinajstić information content (AvgIpc) is 3.59. The molecule has 1 aromatic heterocycles. The zero-order chi connectivity index (χ0) is 28.7. The highest BCUT2D eigenvalue weighted by Crippen LogP contribution is 2.45. The number of aromatic amines is 1. The zero-order valence-electron chi connectivity index (χ0n) is 24.2. The molecule has 9 nitrogen and oxygen atoms in total. The molecule has 0 aliphatic carbocycles. The molecule has 9 heteroatoms. The number of β-amino-alcohol motifs (C(OH)–C–C–N with tert-alkyl or cyclic N) is 1. The number of aryl methyl sites for hydroxylation is 1. The summed E-state index contributed by atoms with van der Waals surface area (Å²) in [5, 5.41) is 29.4. The van der Waals surface area contributed by atoms with E-state index < -0.39 is 0 Å². The van der Waals surface area contributed by atoms with Crippen LogP contribution in [0, 0.1) is 23.7 Å². The van der Waals surface area contributed by atoms with Gasteiger partial charge in [0, 0.05) is 73.9 Å². The fourth-order valence-electron chi connectivity index (χ4n) is 6.82. The fourth-order valence-corrected chi connectivity index (χ4v) is 6.82. The number of amides is 1. The van der Waals surface area contributed by atoms with E-state index >= 15 is 0 Å². The Balaban J connectivity index is 1.34. The van der Waals surface area contributed by atoms with E-state index in [4.69, 9.17) is 0 Å². The highest BCUT2D eigenvalue weighted by atomic mass is 16.3. The van der Waals surface area contributed by atoms with E-state index in [-0.39, 0.29) is 17.4 Å². The van der Waals surface area contributed by atoms with Crippen LogP contribution in [0.4, 0.5) is 11.4 Å². The Bertz CT molecular complexity index is 1530. The Labute approximate surface area is 241 Å². The van der Waals surface area contributed by atoms with E-state index in [1.165, 1.54) is 0 Å². The van der Waals surface area contributed by atoms with Crippen LogP contribution in [0.1, 0.15) is 30.4 Å². The summed E-state index contributed by atoms with van der Waals surface area (Å²) in [5.74, 6) is 0.0743. The van der Waals surface area contributed by atoms with Crippen LogP contribution in [0.3, 0.4) is 0 Å². The summed E-state index contributed by atoms with van der Waals surface area (Å²) in [7, 11) is 3.97. The van der Waals surface area contributed by atoms with Crippen LogP contribution in [0.15, 0.2) is 42.6 Å². The number of carbonyl (C=O) groups excluding carboxylic acids is 1. The van der Waals surface area contributed by atoms with Crippen LogP contribution in [-0.4, -0.2) is 97.0 Å². The summed E-state index contributed by atoms with van der Waals surface area (Å²) in [6.07, 6.45) is 7.83. The minimum absolute atomic E-state index is 0.0513. The molecular formula is C32H39N7O2. The van der Waals surface area contributed by atoms with Gasteiger partial charge in [0.15, 0.2) is 0 Å². The highest BCUT2D eigenvalue weighted by Gasteiger charge is 2.49. The third kappa shape index (κ3) is 5.18. The smallest absolute Gasteiger partial charge is 0.246 e. The molecule has 0 bridgehead atoms. The van der Waals surface area contributed by atoms with Crippen molar-refractivity contribution in [2.75, 3.05) is 69.7 Å². The highest BCUT2D eigenvalue weighted by molar-refractivity contribution is 5.99. The molecule has 1 unspecified atom stereocenters. The van der Waals surface area contributed by atoms with Crippen molar-refractivity contribution in [3.05, 3.63) is 53.7 Å². The van der Waals surface area contributed by atoms with Gasteiger partial charge in [0.05, 0.1) is 29.1 Å². The van der Waals surface area contributed by atoms with Gasteiger partial charge in [-0.1, -0.05) is 12.1 Å². The number of aromatic nitrogens is 2. The van der Waals surface area contributed by atoms with Gasteiger partial charge in [-0.25, -0.2) is 0 Å². The third-order valence-corrected chi connectivity index (χ3v) is 8.95. The molecule has 41 heavy (non-hydrogen) atoms. The van der Waals surface area contributed by atoms with Gasteiger partial charge in [-0.3, -0.25) is 9.89 Å². The molecule has 1 spiro atoms. The SMILES string of the molecule is Cc1ccc2[nH]ncc2c1-c1cc(N2CCCC(O)C2)cc(N2CCC3(CN(C(=O)/C=C/CN(C)C)C3)C2)c1C#N. The molecule has 3 aliphatic heterocycles. The van der Waals surface area contributed by atoms with Crippen LogP contribution < -0.4 is 9.80 Å². The number of H-pyrrole nitrogens is 1. The van der Waals surface area contributed by atoms with Crippen molar-refractivity contribution in [3.8, 4) is 17.2 Å². The van der Waals surface area contributed by atoms with Gasteiger partial charge in [-0.15, -0.1) is 0 Å². The number of aliphatic hydroxyl groups is 1. The Kier molecular flexibility index (Phi) is 7.22. The molecule has 3 aliphatic rings. The van der Waals surface area contributed by atoms with E-state index in [2.05, 4.69) is 51.2 Å². The molecule has 2 aromatic carbocycles. The van der Waals surface area contributed by atoms with Gasteiger partial charge in [0.25, 0.3) is 0 Å². The van der Waals surface area contributed by atoms with E-state index in [1.807, 2.05) is 42.2 Å². The number of likely N-dealkylation sites (tertiary alicyclic amines) is 1. The lowest BCUT2D eigenvalue weighted by molar-refractivity contribution is -0.136. The molecule has 1 amide bonds. The van der Waals surface area contributed by atoms with Crippen LogP contribution >= 0.6 is 0 Å². The van der Waals surface area contributed by atoms with Crippen molar-refractivity contribution in [2.45, 2.75) is 32.3 Å². The predicted molar refractivity (Wildman–Crippen MR) is 162 cm³/mol. The van der Waals surface area contributed by atoms with Crippen molar-refractivity contribution in [3.63, 3.8) is 0 Å². The molecule has 3 saturated heterocycles. The van der Waals surface area contributed by atoms with Gasteiger partial charge in [-0.2, -0.15) is 10.4 Å². The average molecular weight is 554 g/mol. The number of hydrogen-bond donors (Lipinski definition) is 2. The van der Waals surface area contributed by atoms with Crippen molar-refractivity contribution in [1.82, 2.24) is 20.0 Å². The van der Waals surface area contributed by atoms with Crippen molar-refractivity contribution in [1.29, 1.82) is 5.26 Å². The number of anilines is 2. The Morgan fingerprint density at radius 1 is 1.24 bits per heavy atom. The first-order valence-electron chi connectivity index (χ1n) is 14.6. The molecule has 3 aromatic rings. The quantitative estimate of drug-likeness (QED) is 0.450. The number of carbonyl (C=O) groups is 1. The van der Waals surface area contributed by atoms with Crippen LogP contribution in [0.2, 0.25) is 0 Å². The first kappa shape index (κ1) is 27.3. The predicted octanol–water partition coefficient (Wildman–Crippen LogP) is 3.53. The summed E-state index contributed by atoms with van der Waals surface area (Å²) >= 11 is 0. The summed E-state index contributed by atoms with van der Waals surface area (Å²) in [6, 6.07) is 11.0. The molecule has 214 valence electrons. The Hall–Kier alpha value is -3.87. The monoisotopic (exact) mass is 553 g/mol. The topological polar surface area (TPSA) is 103 Å². The van der Waals surface area contributed by atoms with E-state index in [1.54, 1.807) is 6.08 Å². The maximum absolute atomic E-state index is 12.7. The standard InChI is InChI=1S/C32H39N7O2/c1-22-8-9-28-27(17-34-35-28)31(22)25-14-23(37-12-4-6-24(40)18-37)15-29(26(25)16-33)38-13-10-32(19-38)20-39(21-32)30(41)7-5-11-36(2)3/h5,7-9,14-15,17,24,40H,4,6,10-13,18-21H2,1-3H3,(H,34,35)/b7-5+. The van der Waals surface area contributed by atoms with Gasteiger partial charge in [0.2, 0.25) is 5.91 Å². The van der Waals surface area contributed by atoms with E-state index in [0.29, 0.717) is 12.1 Å². The Morgan fingerprint density at radius 3 is 2.83 bits per heavy atom. The summed E-state index contributed by atoms with van der Waals surface area (Å²) in [5.41, 5.74) is 6.64. The summed E-state index contributed by atoms with van der Waals surface area (Å²) in [4.78, 5) is 21.3. The number of nitriles is 1. The van der Waals surface area contributed by atoms with Gasteiger partial charge >= 0.3 is 0 Å². The molecule has 2 N–H and O–H groups in total. The molecular weight excluding hydrogens is 514 g/mol. The fraction of sp³-hybridized carbons (Fsp3) is 0.469. The number of nitrogens with one attached hydrogen (secondary N) is 1. The molecule has 1 atom stereocenters. The molecule has 4 heterocycles. The maximum atomic E-state index is 12.7. The zero-order valence-corrected chi connectivity index (χ0v) is 24.2. The molecule has 0 saturated carbocycles. The number of likely N-dealkylation sites (N-methyl/N-ethyl adjacent to an activating group) is 1. The third-order valence-electron chi connectivity index (χ3n) is 8.95. The van der Waals surface area contributed by atoms with Gasteiger partial charge in [0.1, 0.15) is 6.07 Å². The second-order valence-corrected chi connectivity index (χ2v) is 12.4. The summed E-state index contributed by atoms with van der Waals surface area (Å²) < 4.78 is 0. The largest absolute Gasteiger partial charge is 0.391 e. The van der Waals surface area contributed by atoms with Crippen molar-refractivity contribution < 1.29 is 9.90 Å². The number of fused-ring (bicyclic) bond motifs is 1.